The van der Waals surface area contributed by atoms with Gasteiger partial charge in [0, 0.05) is 57.0 Å². The van der Waals surface area contributed by atoms with Gasteiger partial charge in [-0.15, -0.1) is 0 Å². The summed E-state index contributed by atoms with van der Waals surface area (Å²) in [5.41, 5.74) is 25.0. The summed E-state index contributed by atoms with van der Waals surface area (Å²) in [5.74, 6) is 2.31. The molecule has 2 aliphatic rings. The van der Waals surface area contributed by atoms with Gasteiger partial charge in [-0.25, -0.2) is 8.78 Å². The maximum absolute atomic E-state index is 15.1. The van der Waals surface area contributed by atoms with E-state index in [0.717, 1.165) is 124 Å². The first-order valence-corrected chi connectivity index (χ1v) is 36.6. The molecule has 0 radical (unpaired) electrons. The van der Waals surface area contributed by atoms with Gasteiger partial charge in [-0.3, -0.25) is 0 Å². The second kappa shape index (κ2) is 27.1. The summed E-state index contributed by atoms with van der Waals surface area (Å²) in [5, 5.41) is 1.86. The molecule has 2 aliphatic carbocycles. The summed E-state index contributed by atoms with van der Waals surface area (Å²) in [6.45, 7) is 7.82. The van der Waals surface area contributed by atoms with Crippen molar-refractivity contribution in [3.8, 4) is 67.5 Å². The molecule has 0 aliphatic heterocycles. The van der Waals surface area contributed by atoms with Gasteiger partial charge in [-0.05, 0) is 258 Å². The van der Waals surface area contributed by atoms with Crippen LogP contribution in [0, 0.1) is 11.6 Å². The Hall–Kier alpha value is -14.1. The number of rotatable bonds is 18. The van der Waals surface area contributed by atoms with Gasteiger partial charge in [-0.2, -0.15) is 0 Å². The Morgan fingerprint density at radius 1 is 0.266 bits per heavy atom. The highest BCUT2D eigenvalue weighted by Gasteiger charge is 2.48. The Balaban J connectivity index is 0.675. The number of benzene rings is 16. The van der Waals surface area contributed by atoms with Gasteiger partial charge >= 0.3 is 0 Å². The van der Waals surface area contributed by atoms with Crippen molar-refractivity contribution < 1.29 is 22.7 Å². The first kappa shape index (κ1) is 65.6. The minimum absolute atomic E-state index is 0.332. The molecule has 0 spiro atoms. The molecule has 0 bridgehead atoms. The summed E-state index contributed by atoms with van der Waals surface area (Å²) in [7, 11) is 0. The molecule has 17 aromatic rings. The fraction of sp³-hybridized carbons (Fsp3) is 0.0196. The minimum atomic E-state index is -0.678. The van der Waals surface area contributed by atoms with Crippen LogP contribution >= 0.6 is 0 Å². The zero-order chi connectivity index (χ0) is 73.2. The maximum atomic E-state index is 15.1. The number of hydrogen-bond donors (Lipinski definition) is 0. The normalized spacial score (nSPS) is 14.5. The average Bonchev–Trinajstić information content (AvgIpc) is 1.53. The zero-order valence-corrected chi connectivity index (χ0v) is 59.2. The van der Waals surface area contributed by atoms with Crippen molar-refractivity contribution in [2.24, 2.45) is 0 Å². The molecule has 109 heavy (non-hydrogen) atoms. The second-order valence-corrected chi connectivity index (χ2v) is 27.8. The molecule has 5 nitrogen and oxygen atoms in total. The number of fused-ring (bicyclic) bond motifs is 9. The van der Waals surface area contributed by atoms with Crippen LogP contribution in [0.25, 0.3) is 78.6 Å². The van der Waals surface area contributed by atoms with Crippen molar-refractivity contribution in [3.63, 3.8) is 0 Å². The van der Waals surface area contributed by atoms with Crippen molar-refractivity contribution >= 4 is 68.2 Å². The number of nitrogens with zero attached hydrogens (tertiary/aromatic N) is 2. The number of furan rings is 1. The molecule has 1 aromatic heterocycles. The third-order valence-corrected chi connectivity index (χ3v) is 21.8. The molecule has 2 atom stereocenters. The molecule has 0 amide bonds. The maximum Gasteiger partial charge on any atom is 0.137 e. The van der Waals surface area contributed by atoms with E-state index in [1.165, 1.54) is 68.8 Å². The van der Waals surface area contributed by atoms with Gasteiger partial charge < -0.3 is 23.7 Å². The van der Waals surface area contributed by atoms with E-state index in [4.69, 9.17) is 13.9 Å². The summed E-state index contributed by atoms with van der Waals surface area (Å²) < 4.78 is 50.0. The van der Waals surface area contributed by atoms with Gasteiger partial charge in [-0.1, -0.05) is 232 Å². The first-order chi connectivity index (χ1) is 53.7. The van der Waals surface area contributed by atoms with Crippen molar-refractivity contribution in [2.45, 2.75) is 10.8 Å². The van der Waals surface area contributed by atoms with Crippen molar-refractivity contribution in [1.82, 2.24) is 0 Å². The predicted molar refractivity (Wildman–Crippen MR) is 442 cm³/mol. The zero-order valence-electron chi connectivity index (χ0n) is 59.2. The lowest BCUT2D eigenvalue weighted by Crippen LogP contribution is -2.28. The van der Waals surface area contributed by atoms with Gasteiger partial charge in [0.05, 0.1) is 10.8 Å². The molecule has 19 rings (SSSR count). The van der Waals surface area contributed by atoms with Crippen LogP contribution in [-0.2, 0) is 10.8 Å². The Morgan fingerprint density at radius 2 is 0.596 bits per heavy atom. The van der Waals surface area contributed by atoms with Crippen molar-refractivity contribution in [3.05, 3.63) is 457 Å². The monoisotopic (exact) mass is 1410 g/mol. The molecule has 0 saturated carbocycles. The Labute approximate surface area is 631 Å². The Kier molecular flexibility index (Phi) is 16.3. The summed E-state index contributed by atoms with van der Waals surface area (Å²) >= 11 is 0. The van der Waals surface area contributed by atoms with Crippen LogP contribution in [0.3, 0.4) is 0 Å². The van der Waals surface area contributed by atoms with Crippen LogP contribution in [0.2, 0.25) is 0 Å². The van der Waals surface area contributed by atoms with Gasteiger partial charge in [0.1, 0.15) is 45.8 Å². The number of halogens is 2. The van der Waals surface area contributed by atoms with E-state index in [1.54, 1.807) is 0 Å². The van der Waals surface area contributed by atoms with E-state index in [0.29, 0.717) is 11.2 Å². The molecule has 2 unspecified atom stereocenters. The number of anilines is 6. The summed E-state index contributed by atoms with van der Waals surface area (Å²) in [6.07, 6.45) is 3.65. The SMILES string of the molecule is C=Cc1ccc(Oc2ccc(C3(c4ccccc4)c4ccccc4-c4ccc(-c5cccc(N(c6ccc(F)cc6)c6ccc7c(c6)oc6cc(N(c8ccc(F)cc8)c8cccc(-c9ccc%10c(c9)C(c9ccccc9)(c9ccc(Oc%11ccc(C=C)cc%11)cc9)c9ccccc9-%10)c8)ccc67)c5)cc43)cc2)cc1. The number of hydrogen-bond acceptors (Lipinski definition) is 5. The van der Waals surface area contributed by atoms with Crippen LogP contribution in [0.5, 0.6) is 23.0 Å². The lowest BCUT2D eigenvalue weighted by molar-refractivity contribution is 0.482. The molecule has 0 N–H and O–H groups in total. The topological polar surface area (TPSA) is 38.1 Å². The summed E-state index contributed by atoms with van der Waals surface area (Å²) in [4.78, 5) is 4.30. The van der Waals surface area contributed by atoms with Crippen LogP contribution < -0.4 is 19.3 Å². The van der Waals surface area contributed by atoms with Crippen LogP contribution in [0.1, 0.15) is 55.6 Å². The second-order valence-electron chi connectivity index (χ2n) is 27.8. The quantitative estimate of drug-likeness (QED) is 0.0856. The highest BCUT2D eigenvalue weighted by atomic mass is 19.1. The standard InChI is InChI=1S/C102H68F2N2O3/c1-3-67-29-49-85(50-30-67)107-87-53-35-75(36-54-87)101(73-19-7-5-8-20-73)95-27-13-11-25-89(95)91-57-33-71(63-97(91)101)69-17-15-23-81(61-69)105(79-43-39-77(103)40-44-79)83-47-59-93-94-60-48-84(66-100(94)109-99(93)65-83)106(80-45-41-78(104)42-46-80)82-24-16-18-70(62-82)72-34-58-92-90-26-12-14-28-96(90)102(98(92)64-72,74-21-9-6-10-22-74)76-37-55-88(56-38-76)108-86-51-31-68(4-2)32-52-86/h3-66H,1-2H2. The smallest absolute Gasteiger partial charge is 0.137 e. The van der Waals surface area contributed by atoms with Crippen LogP contribution in [0.4, 0.5) is 42.9 Å². The van der Waals surface area contributed by atoms with E-state index in [9.17, 15) is 0 Å². The third-order valence-electron chi connectivity index (χ3n) is 21.8. The fourth-order valence-corrected chi connectivity index (χ4v) is 16.8. The predicted octanol–water partition coefficient (Wildman–Crippen LogP) is 27.7. The van der Waals surface area contributed by atoms with Gasteiger partial charge in [0.25, 0.3) is 0 Å². The highest BCUT2D eigenvalue weighted by Crippen LogP contribution is 2.59. The molecule has 0 fully saturated rings. The average molecular weight is 1410 g/mol. The van der Waals surface area contributed by atoms with Crippen LogP contribution in [0.15, 0.2) is 394 Å². The summed E-state index contributed by atoms with van der Waals surface area (Å²) in [6, 6.07) is 129. The largest absolute Gasteiger partial charge is 0.457 e. The molecular formula is C102H68F2N2O3. The van der Waals surface area contributed by atoms with E-state index in [1.807, 2.05) is 84.9 Å². The molecule has 1 heterocycles. The van der Waals surface area contributed by atoms with Crippen molar-refractivity contribution in [2.75, 3.05) is 9.80 Å². The first-order valence-electron chi connectivity index (χ1n) is 36.6. The van der Waals surface area contributed by atoms with E-state index < -0.39 is 10.8 Å². The molecule has 7 heteroatoms. The molecular weight excluding hydrogens is 1340 g/mol. The van der Waals surface area contributed by atoms with E-state index >= 15 is 8.78 Å². The fourth-order valence-electron chi connectivity index (χ4n) is 16.8. The molecule has 16 aromatic carbocycles. The number of ether oxygens (including phenoxy) is 2. The van der Waals surface area contributed by atoms with Gasteiger partial charge in [0.2, 0.25) is 0 Å². The lowest BCUT2D eigenvalue weighted by atomic mass is 9.67. The Bertz CT molecular complexity index is 5950. The minimum Gasteiger partial charge on any atom is -0.457 e. The third kappa shape index (κ3) is 11.4. The molecule has 518 valence electrons. The molecule has 0 saturated heterocycles. The van der Waals surface area contributed by atoms with E-state index in [-0.39, 0.29) is 11.6 Å². The van der Waals surface area contributed by atoms with Crippen molar-refractivity contribution in [1.29, 1.82) is 0 Å². The van der Waals surface area contributed by atoms with E-state index in [2.05, 4.69) is 302 Å². The highest BCUT2D eigenvalue weighted by molar-refractivity contribution is 6.07. The van der Waals surface area contributed by atoms with Crippen LogP contribution in [-0.4, -0.2) is 0 Å². The van der Waals surface area contributed by atoms with Gasteiger partial charge in [0.15, 0.2) is 0 Å². The Morgan fingerprint density at radius 3 is 0.991 bits per heavy atom. The lowest BCUT2D eigenvalue weighted by Gasteiger charge is -2.34.